The van der Waals surface area contributed by atoms with Crippen LogP contribution in [0.5, 0.6) is 0 Å². The van der Waals surface area contributed by atoms with E-state index >= 15 is 0 Å². The molecule has 0 aromatic carbocycles. The Morgan fingerprint density at radius 3 is 2.33 bits per heavy atom. The number of aromatic nitrogens is 1. The molecule has 0 saturated heterocycles. The number of hydrogen-bond donors (Lipinski definition) is 0. The van der Waals surface area contributed by atoms with E-state index in [4.69, 9.17) is 0 Å². The third-order valence-corrected chi connectivity index (χ3v) is 2.57. The largest absolute Gasteiger partial charge is 0.312 e. The van der Waals surface area contributed by atoms with E-state index in [1.165, 1.54) is 5.03 Å². The second-order valence-electron chi connectivity index (χ2n) is 2.27. The first-order chi connectivity index (χ1) is 4.22. The van der Waals surface area contributed by atoms with Gasteiger partial charge in [-0.05, 0) is 6.07 Å². The summed E-state index contributed by atoms with van der Waals surface area (Å²) in [6.45, 7) is 0. The lowest BCUT2D eigenvalue weighted by molar-refractivity contribution is 0.827. The van der Waals surface area contributed by atoms with E-state index in [0.29, 0.717) is 10.9 Å². The Bertz CT molecular complexity index is 191. The zero-order valence-corrected chi connectivity index (χ0v) is 6.90. The summed E-state index contributed by atoms with van der Waals surface area (Å²) >= 11 is 0. The van der Waals surface area contributed by atoms with Gasteiger partial charge in [0.15, 0.2) is 0 Å². The number of hydrogen-bond acceptors (Lipinski definition) is 0. The third-order valence-electron chi connectivity index (χ3n) is 1.31. The molecule has 1 aromatic heterocycles. The smallest absolute Gasteiger partial charge is 0.226 e. The maximum atomic E-state index is 2.23. The Morgan fingerprint density at radius 2 is 2.11 bits per heavy atom. The quantitative estimate of drug-likeness (QED) is 0.520. The minimum Gasteiger partial charge on any atom is -0.312 e. The van der Waals surface area contributed by atoms with Crippen LogP contribution in [0.4, 0.5) is 0 Å². The molecular weight excluding hydrogens is 130 g/mol. The average Bonchev–Trinajstić information content (AvgIpc) is 2.13. The summed E-state index contributed by atoms with van der Waals surface area (Å²) in [5.41, 5.74) is 0. The number of rotatable bonds is 1. The highest BCUT2D eigenvalue weighted by molar-refractivity contribution is 7.95. The number of nitrogens with zero attached hydrogens (tertiary/aromatic N) is 1. The Balaban J connectivity index is 2.94. The summed E-state index contributed by atoms with van der Waals surface area (Å²) in [4.78, 5) is 0. The Hall–Kier alpha value is -0.370. The molecule has 9 heavy (non-hydrogen) atoms. The summed E-state index contributed by atoms with van der Waals surface area (Å²) < 4.78 is 2.17. The van der Waals surface area contributed by atoms with Gasteiger partial charge < -0.3 is 4.57 Å². The minimum atomic E-state index is 0.404. The topological polar surface area (TPSA) is 4.93 Å². The monoisotopic (exact) mass is 142 g/mol. The SMILES string of the molecule is Cn1cccc1[S+](C)C. The van der Waals surface area contributed by atoms with Crippen molar-refractivity contribution < 1.29 is 0 Å². The van der Waals surface area contributed by atoms with E-state index in [2.05, 4.69) is 42.5 Å². The van der Waals surface area contributed by atoms with Crippen molar-refractivity contribution in [2.75, 3.05) is 12.5 Å². The van der Waals surface area contributed by atoms with Gasteiger partial charge in [-0.2, -0.15) is 0 Å². The van der Waals surface area contributed by atoms with Crippen LogP contribution in [0.2, 0.25) is 0 Å². The van der Waals surface area contributed by atoms with Crippen molar-refractivity contribution in [2.24, 2.45) is 7.05 Å². The molecule has 0 unspecified atom stereocenters. The second kappa shape index (κ2) is 2.48. The predicted molar refractivity (Wildman–Crippen MR) is 42.9 cm³/mol. The maximum absolute atomic E-state index is 2.23. The molecule has 0 N–H and O–H groups in total. The van der Waals surface area contributed by atoms with Crippen LogP contribution in [0, 0.1) is 0 Å². The predicted octanol–water partition coefficient (Wildman–Crippen LogP) is 1.26. The molecule has 0 spiro atoms. The van der Waals surface area contributed by atoms with E-state index in [9.17, 15) is 0 Å². The average molecular weight is 142 g/mol. The van der Waals surface area contributed by atoms with Crippen molar-refractivity contribution in [3.05, 3.63) is 18.3 Å². The minimum absolute atomic E-state index is 0.404. The molecule has 1 aromatic rings. The first-order valence-electron chi connectivity index (χ1n) is 2.90. The van der Waals surface area contributed by atoms with Gasteiger partial charge in [0.1, 0.15) is 12.5 Å². The highest BCUT2D eigenvalue weighted by Crippen LogP contribution is 2.07. The molecule has 1 rings (SSSR count). The first-order valence-corrected chi connectivity index (χ1v) is 4.95. The van der Waals surface area contributed by atoms with Crippen molar-refractivity contribution in [3.8, 4) is 0 Å². The molecule has 0 bridgehead atoms. The third kappa shape index (κ3) is 1.30. The molecule has 2 heteroatoms. The summed E-state index contributed by atoms with van der Waals surface area (Å²) in [7, 11) is 2.49. The molecule has 0 aliphatic carbocycles. The summed E-state index contributed by atoms with van der Waals surface area (Å²) in [5, 5.41) is 1.43. The van der Waals surface area contributed by atoms with Gasteiger partial charge >= 0.3 is 0 Å². The lowest BCUT2D eigenvalue weighted by atomic mass is 10.7. The van der Waals surface area contributed by atoms with Crippen molar-refractivity contribution in [2.45, 2.75) is 5.03 Å². The molecule has 0 saturated carbocycles. The van der Waals surface area contributed by atoms with Crippen LogP contribution in [0.15, 0.2) is 23.4 Å². The summed E-state index contributed by atoms with van der Waals surface area (Å²) in [6.07, 6.45) is 6.55. The highest BCUT2D eigenvalue weighted by atomic mass is 32.2. The van der Waals surface area contributed by atoms with E-state index in [-0.39, 0.29) is 0 Å². The molecule has 0 amide bonds. The van der Waals surface area contributed by atoms with Crippen LogP contribution < -0.4 is 0 Å². The molecule has 0 atom stereocenters. The van der Waals surface area contributed by atoms with Gasteiger partial charge in [-0.15, -0.1) is 0 Å². The normalized spacial score (nSPS) is 10.7. The van der Waals surface area contributed by atoms with Crippen LogP contribution >= 0.6 is 0 Å². The van der Waals surface area contributed by atoms with Crippen molar-refractivity contribution in [1.82, 2.24) is 4.57 Å². The van der Waals surface area contributed by atoms with Gasteiger partial charge in [-0.1, -0.05) is 0 Å². The van der Waals surface area contributed by atoms with Crippen molar-refractivity contribution in [1.29, 1.82) is 0 Å². The van der Waals surface area contributed by atoms with E-state index in [1.54, 1.807) is 0 Å². The fourth-order valence-corrected chi connectivity index (χ4v) is 1.86. The van der Waals surface area contributed by atoms with Gasteiger partial charge in [0.2, 0.25) is 5.03 Å². The van der Waals surface area contributed by atoms with E-state index < -0.39 is 0 Å². The molecule has 1 nitrogen and oxygen atoms in total. The van der Waals surface area contributed by atoms with Crippen LogP contribution in [-0.2, 0) is 17.9 Å². The van der Waals surface area contributed by atoms with Crippen LogP contribution in [0.3, 0.4) is 0 Å². The number of aryl methyl sites for hydroxylation is 1. The van der Waals surface area contributed by atoms with Crippen LogP contribution in [0.1, 0.15) is 0 Å². The Kier molecular flexibility index (Phi) is 1.86. The molecule has 0 aliphatic heterocycles. The maximum Gasteiger partial charge on any atom is 0.226 e. The molecule has 0 fully saturated rings. The van der Waals surface area contributed by atoms with Gasteiger partial charge in [-0.3, -0.25) is 0 Å². The molecular formula is C7H12NS+. The highest BCUT2D eigenvalue weighted by Gasteiger charge is 2.09. The fraction of sp³-hybridized carbons (Fsp3) is 0.429. The second-order valence-corrected chi connectivity index (χ2v) is 4.33. The molecule has 0 aliphatic rings. The lowest BCUT2D eigenvalue weighted by Gasteiger charge is -1.95. The Labute approximate surface area is 59.0 Å². The zero-order valence-electron chi connectivity index (χ0n) is 6.09. The standard InChI is InChI=1S/C7H12NS/c1-8-6-4-5-7(8)9(2)3/h4-6H,1-3H3/q+1. The van der Waals surface area contributed by atoms with Gasteiger partial charge in [-0.25, -0.2) is 0 Å². The summed E-state index contributed by atoms with van der Waals surface area (Å²) in [6, 6.07) is 4.26. The first kappa shape index (κ1) is 6.75. The van der Waals surface area contributed by atoms with Gasteiger partial charge in [0.25, 0.3) is 0 Å². The fourth-order valence-electron chi connectivity index (χ4n) is 0.870. The van der Waals surface area contributed by atoms with Crippen LogP contribution in [-0.4, -0.2) is 17.1 Å². The van der Waals surface area contributed by atoms with Gasteiger partial charge in [0, 0.05) is 30.2 Å². The Morgan fingerprint density at radius 1 is 1.44 bits per heavy atom. The van der Waals surface area contributed by atoms with Crippen molar-refractivity contribution >= 4 is 10.9 Å². The molecule has 50 valence electrons. The van der Waals surface area contributed by atoms with Gasteiger partial charge in [0.05, 0.1) is 0 Å². The van der Waals surface area contributed by atoms with E-state index in [0.717, 1.165) is 0 Å². The molecule has 0 radical (unpaired) electrons. The zero-order chi connectivity index (χ0) is 6.85. The van der Waals surface area contributed by atoms with Crippen molar-refractivity contribution in [3.63, 3.8) is 0 Å². The lowest BCUT2D eigenvalue weighted by Crippen LogP contribution is -2.01. The summed E-state index contributed by atoms with van der Waals surface area (Å²) in [5.74, 6) is 0. The van der Waals surface area contributed by atoms with E-state index in [1.807, 2.05) is 0 Å². The molecule has 1 heterocycles. The van der Waals surface area contributed by atoms with Crippen LogP contribution in [0.25, 0.3) is 0 Å².